The standard InChI is InChI=1S/C17H26N2O3S/c1-3-4-10-19-11-6-5-7-13(19)12-18-16(20)14-8-9-15(23-14)17(21)22-2/h8-9,13H,3-7,10-12H2,1-2H3,(H,18,20). The van der Waals surface area contributed by atoms with E-state index in [1.54, 1.807) is 12.1 Å². The summed E-state index contributed by atoms with van der Waals surface area (Å²) in [5.41, 5.74) is 0. The van der Waals surface area contributed by atoms with Gasteiger partial charge in [-0.2, -0.15) is 0 Å². The lowest BCUT2D eigenvalue weighted by atomic mass is 10.0. The molecule has 128 valence electrons. The molecule has 1 aliphatic heterocycles. The third-order valence-corrected chi connectivity index (χ3v) is 5.33. The number of thiophene rings is 1. The maximum atomic E-state index is 12.3. The Hall–Kier alpha value is -1.40. The highest BCUT2D eigenvalue weighted by molar-refractivity contribution is 7.15. The van der Waals surface area contributed by atoms with Crippen molar-refractivity contribution in [1.29, 1.82) is 0 Å². The molecule has 1 aliphatic rings. The summed E-state index contributed by atoms with van der Waals surface area (Å²) < 4.78 is 4.67. The van der Waals surface area contributed by atoms with Crippen LogP contribution < -0.4 is 5.32 Å². The van der Waals surface area contributed by atoms with Crippen LogP contribution in [0.5, 0.6) is 0 Å². The van der Waals surface area contributed by atoms with Crippen LogP contribution in [0.15, 0.2) is 12.1 Å². The molecule has 2 rings (SSSR count). The minimum absolute atomic E-state index is 0.105. The Balaban J connectivity index is 1.87. The molecular weight excluding hydrogens is 312 g/mol. The number of unbranched alkanes of at least 4 members (excludes halogenated alkanes) is 1. The van der Waals surface area contributed by atoms with Crippen LogP contribution in [0.4, 0.5) is 0 Å². The number of hydrogen-bond donors (Lipinski definition) is 1. The average Bonchev–Trinajstić information content (AvgIpc) is 3.08. The zero-order valence-electron chi connectivity index (χ0n) is 14.0. The Morgan fingerprint density at radius 3 is 2.87 bits per heavy atom. The quantitative estimate of drug-likeness (QED) is 0.777. The van der Waals surface area contributed by atoms with E-state index >= 15 is 0 Å². The minimum atomic E-state index is -0.396. The van der Waals surface area contributed by atoms with Crippen molar-refractivity contribution in [3.63, 3.8) is 0 Å². The molecule has 23 heavy (non-hydrogen) atoms. The molecule has 1 saturated heterocycles. The molecule has 1 fully saturated rings. The number of carbonyl (C=O) groups is 2. The van der Waals surface area contributed by atoms with Gasteiger partial charge in [0.2, 0.25) is 0 Å². The number of methoxy groups -OCH3 is 1. The third kappa shape index (κ3) is 5.04. The van der Waals surface area contributed by atoms with Gasteiger partial charge in [0.05, 0.1) is 12.0 Å². The maximum Gasteiger partial charge on any atom is 0.348 e. The van der Waals surface area contributed by atoms with Crippen molar-refractivity contribution in [3.8, 4) is 0 Å². The molecule has 1 atom stereocenters. The first-order valence-electron chi connectivity index (χ1n) is 8.36. The molecule has 0 bridgehead atoms. The maximum absolute atomic E-state index is 12.3. The van der Waals surface area contributed by atoms with Gasteiger partial charge in [-0.1, -0.05) is 19.8 Å². The molecule has 2 heterocycles. The summed E-state index contributed by atoms with van der Waals surface area (Å²) in [5.74, 6) is -0.502. The Labute approximate surface area is 142 Å². The van der Waals surface area contributed by atoms with E-state index in [2.05, 4.69) is 21.9 Å². The smallest absolute Gasteiger partial charge is 0.348 e. The number of carbonyl (C=O) groups excluding carboxylic acids is 2. The van der Waals surface area contributed by atoms with Gasteiger partial charge in [-0.05, 0) is 44.5 Å². The van der Waals surface area contributed by atoms with E-state index < -0.39 is 5.97 Å². The predicted molar refractivity (Wildman–Crippen MR) is 92.1 cm³/mol. The van der Waals surface area contributed by atoms with Crippen LogP contribution >= 0.6 is 11.3 Å². The number of nitrogens with one attached hydrogen (secondary N) is 1. The Kier molecular flexibility index (Phi) is 7.05. The van der Waals surface area contributed by atoms with Gasteiger partial charge in [-0.15, -0.1) is 11.3 Å². The third-order valence-electron chi connectivity index (χ3n) is 4.26. The van der Waals surface area contributed by atoms with Crippen LogP contribution in [0, 0.1) is 0 Å². The molecule has 0 aliphatic carbocycles. The van der Waals surface area contributed by atoms with Crippen LogP contribution in [0.3, 0.4) is 0 Å². The lowest BCUT2D eigenvalue weighted by Crippen LogP contribution is -2.46. The number of piperidine rings is 1. The summed E-state index contributed by atoms with van der Waals surface area (Å²) in [6.07, 6.45) is 6.02. The van der Waals surface area contributed by atoms with E-state index in [9.17, 15) is 9.59 Å². The topological polar surface area (TPSA) is 58.6 Å². The molecule has 1 aromatic heterocycles. The van der Waals surface area contributed by atoms with Crippen LogP contribution in [0.1, 0.15) is 58.4 Å². The van der Waals surface area contributed by atoms with Crippen molar-refractivity contribution in [1.82, 2.24) is 10.2 Å². The Bertz CT molecular complexity index is 530. The molecule has 0 aromatic carbocycles. The molecule has 1 aromatic rings. The largest absolute Gasteiger partial charge is 0.465 e. The molecule has 5 nitrogen and oxygen atoms in total. The molecule has 1 N–H and O–H groups in total. The number of nitrogens with zero attached hydrogens (tertiary/aromatic N) is 1. The number of rotatable bonds is 7. The van der Waals surface area contributed by atoms with E-state index in [1.807, 2.05) is 0 Å². The summed E-state index contributed by atoms with van der Waals surface area (Å²) in [4.78, 5) is 27.2. The van der Waals surface area contributed by atoms with Crippen molar-refractivity contribution >= 4 is 23.2 Å². The minimum Gasteiger partial charge on any atom is -0.465 e. The number of ether oxygens (including phenoxy) is 1. The normalized spacial score (nSPS) is 18.6. The van der Waals surface area contributed by atoms with Crippen LogP contribution in [0.25, 0.3) is 0 Å². The first-order valence-corrected chi connectivity index (χ1v) is 9.17. The first-order chi connectivity index (χ1) is 11.2. The molecule has 0 radical (unpaired) electrons. The SMILES string of the molecule is CCCCN1CCCCC1CNC(=O)c1ccc(C(=O)OC)s1. The Morgan fingerprint density at radius 2 is 2.13 bits per heavy atom. The summed E-state index contributed by atoms with van der Waals surface area (Å²) in [6.45, 7) is 5.12. The number of hydrogen-bond acceptors (Lipinski definition) is 5. The summed E-state index contributed by atoms with van der Waals surface area (Å²) in [6, 6.07) is 3.75. The lowest BCUT2D eigenvalue weighted by molar-refractivity contribution is 0.0606. The van der Waals surface area contributed by atoms with E-state index in [4.69, 9.17) is 0 Å². The van der Waals surface area contributed by atoms with Gasteiger partial charge in [-0.25, -0.2) is 4.79 Å². The second-order valence-corrected chi connectivity index (χ2v) is 6.99. The van der Waals surface area contributed by atoms with Gasteiger partial charge in [0.25, 0.3) is 5.91 Å². The van der Waals surface area contributed by atoms with E-state index in [-0.39, 0.29) is 5.91 Å². The monoisotopic (exact) mass is 338 g/mol. The van der Waals surface area contributed by atoms with Crippen LogP contribution in [0.2, 0.25) is 0 Å². The molecular formula is C17H26N2O3S. The van der Waals surface area contributed by atoms with Crippen molar-refractivity contribution in [2.75, 3.05) is 26.7 Å². The molecule has 1 unspecified atom stereocenters. The highest BCUT2D eigenvalue weighted by Crippen LogP contribution is 2.19. The highest BCUT2D eigenvalue weighted by atomic mass is 32.1. The fourth-order valence-corrected chi connectivity index (χ4v) is 3.76. The van der Waals surface area contributed by atoms with Gasteiger partial charge in [0.15, 0.2) is 0 Å². The number of amides is 1. The van der Waals surface area contributed by atoms with Gasteiger partial charge in [0, 0.05) is 12.6 Å². The zero-order chi connectivity index (χ0) is 16.7. The fourth-order valence-electron chi connectivity index (χ4n) is 2.91. The second-order valence-electron chi connectivity index (χ2n) is 5.90. The molecule has 1 amide bonds. The van der Waals surface area contributed by atoms with Gasteiger partial charge < -0.3 is 10.1 Å². The first kappa shape index (κ1) is 17.9. The van der Waals surface area contributed by atoms with Crippen molar-refractivity contribution in [2.24, 2.45) is 0 Å². The van der Waals surface area contributed by atoms with Gasteiger partial charge >= 0.3 is 5.97 Å². The molecule has 0 saturated carbocycles. The summed E-state index contributed by atoms with van der Waals surface area (Å²) in [5, 5.41) is 3.02. The Morgan fingerprint density at radius 1 is 1.35 bits per heavy atom. The second kappa shape index (κ2) is 9.03. The van der Waals surface area contributed by atoms with Gasteiger partial charge in [0.1, 0.15) is 4.88 Å². The van der Waals surface area contributed by atoms with Crippen LogP contribution in [-0.4, -0.2) is 49.6 Å². The predicted octanol–water partition coefficient (Wildman–Crippen LogP) is 2.92. The van der Waals surface area contributed by atoms with Crippen molar-refractivity contribution < 1.29 is 14.3 Å². The molecule has 0 spiro atoms. The van der Waals surface area contributed by atoms with Crippen LogP contribution in [-0.2, 0) is 4.74 Å². The number of likely N-dealkylation sites (tertiary alicyclic amines) is 1. The van der Waals surface area contributed by atoms with E-state index in [0.717, 1.165) is 19.5 Å². The number of esters is 1. The molecule has 6 heteroatoms. The van der Waals surface area contributed by atoms with Gasteiger partial charge in [-0.3, -0.25) is 9.69 Å². The van der Waals surface area contributed by atoms with Crippen molar-refractivity contribution in [3.05, 3.63) is 21.9 Å². The average molecular weight is 338 g/mol. The van der Waals surface area contributed by atoms with E-state index in [1.165, 1.54) is 44.1 Å². The van der Waals surface area contributed by atoms with E-state index in [0.29, 0.717) is 22.3 Å². The summed E-state index contributed by atoms with van der Waals surface area (Å²) in [7, 11) is 1.34. The van der Waals surface area contributed by atoms with Crippen molar-refractivity contribution in [2.45, 2.75) is 45.1 Å². The fraction of sp³-hybridized carbons (Fsp3) is 0.647. The zero-order valence-corrected chi connectivity index (χ0v) is 14.8. The lowest BCUT2D eigenvalue weighted by Gasteiger charge is -2.35. The summed E-state index contributed by atoms with van der Waals surface area (Å²) >= 11 is 1.17. The highest BCUT2D eigenvalue weighted by Gasteiger charge is 2.23.